The normalized spacial score (nSPS) is 20.9. The van der Waals surface area contributed by atoms with Crippen molar-refractivity contribution in [2.45, 2.75) is 25.7 Å². The van der Waals surface area contributed by atoms with Crippen LogP contribution < -0.4 is 0 Å². The van der Waals surface area contributed by atoms with E-state index in [0.717, 1.165) is 19.3 Å². The Hall–Kier alpha value is -1.88. The van der Waals surface area contributed by atoms with Gasteiger partial charge in [-0.15, -0.1) is 0 Å². The summed E-state index contributed by atoms with van der Waals surface area (Å²) in [6, 6.07) is 8.30. The van der Waals surface area contributed by atoms with E-state index < -0.39 is 11.9 Å². The summed E-state index contributed by atoms with van der Waals surface area (Å²) < 4.78 is 0. The van der Waals surface area contributed by atoms with Crippen LogP contribution in [0.25, 0.3) is 0 Å². The maximum atomic E-state index is 10.3. The lowest BCUT2D eigenvalue weighted by Crippen LogP contribution is -2.15. The summed E-state index contributed by atoms with van der Waals surface area (Å²) >= 11 is 0. The molecule has 0 amide bonds. The van der Waals surface area contributed by atoms with Gasteiger partial charge in [-0.2, -0.15) is 0 Å². The van der Waals surface area contributed by atoms with Gasteiger partial charge in [-0.25, -0.2) is 4.79 Å². The average molecular weight is 280 g/mol. The second kappa shape index (κ2) is 8.32. The van der Waals surface area contributed by atoms with Crippen molar-refractivity contribution >= 4 is 11.9 Å². The number of aromatic carboxylic acids is 1. The molecule has 1 aromatic rings. The standard InChI is InChI=1S/C8H14O3.C7H6O2/c9-5-7-3-1-2-6(7)4-8(10)11;8-7(9)6-4-2-1-3-5-6/h6-7,9H,1-5H2,(H,10,11);1-5H,(H,8,9)/t6-,7?;/m1./s1. The highest BCUT2D eigenvalue weighted by Crippen LogP contribution is 2.33. The number of aliphatic carboxylic acids is 1. The third-order valence-corrected chi connectivity index (χ3v) is 3.51. The van der Waals surface area contributed by atoms with E-state index in [2.05, 4.69) is 0 Å². The molecule has 1 fully saturated rings. The minimum atomic E-state index is -0.879. The lowest BCUT2D eigenvalue weighted by molar-refractivity contribution is -0.138. The van der Waals surface area contributed by atoms with Gasteiger partial charge in [-0.1, -0.05) is 24.6 Å². The summed E-state index contributed by atoms with van der Waals surface area (Å²) in [6.45, 7) is 0.151. The summed E-state index contributed by atoms with van der Waals surface area (Å²) in [5.41, 5.74) is 0.331. The molecule has 2 rings (SSSR count). The fourth-order valence-electron chi connectivity index (χ4n) is 2.43. The van der Waals surface area contributed by atoms with E-state index in [0.29, 0.717) is 5.56 Å². The molecule has 0 spiro atoms. The molecule has 110 valence electrons. The lowest BCUT2D eigenvalue weighted by Gasteiger charge is -2.13. The first-order chi connectivity index (χ1) is 9.54. The molecule has 0 aromatic heterocycles. The van der Waals surface area contributed by atoms with E-state index in [1.807, 2.05) is 0 Å². The molecule has 0 radical (unpaired) electrons. The van der Waals surface area contributed by atoms with Crippen molar-refractivity contribution < 1.29 is 24.9 Å². The van der Waals surface area contributed by atoms with Gasteiger partial charge in [0.05, 0.1) is 5.56 Å². The van der Waals surface area contributed by atoms with Gasteiger partial charge < -0.3 is 15.3 Å². The van der Waals surface area contributed by atoms with Crippen LogP contribution in [0.3, 0.4) is 0 Å². The van der Waals surface area contributed by atoms with Gasteiger partial charge in [0.2, 0.25) is 0 Å². The lowest BCUT2D eigenvalue weighted by atomic mass is 9.94. The molecule has 1 aliphatic carbocycles. The van der Waals surface area contributed by atoms with Crippen LogP contribution in [0, 0.1) is 11.8 Å². The first kappa shape index (κ1) is 16.2. The zero-order valence-corrected chi connectivity index (χ0v) is 11.2. The van der Waals surface area contributed by atoms with Gasteiger partial charge in [-0.3, -0.25) is 4.79 Å². The molecule has 1 unspecified atom stereocenters. The molecule has 3 N–H and O–H groups in total. The molecule has 1 aromatic carbocycles. The van der Waals surface area contributed by atoms with Gasteiger partial charge >= 0.3 is 11.9 Å². The first-order valence-electron chi connectivity index (χ1n) is 6.65. The summed E-state index contributed by atoms with van der Waals surface area (Å²) in [7, 11) is 0. The number of carbonyl (C=O) groups is 2. The fraction of sp³-hybridized carbons (Fsp3) is 0.467. The van der Waals surface area contributed by atoms with Crippen LogP contribution in [0.2, 0.25) is 0 Å². The van der Waals surface area contributed by atoms with Crippen LogP contribution in [0.5, 0.6) is 0 Å². The highest BCUT2D eigenvalue weighted by Gasteiger charge is 2.28. The second-order valence-electron chi connectivity index (χ2n) is 4.90. The largest absolute Gasteiger partial charge is 0.481 e. The highest BCUT2D eigenvalue weighted by molar-refractivity contribution is 5.87. The molecule has 0 aliphatic heterocycles. The predicted molar refractivity (Wildman–Crippen MR) is 73.6 cm³/mol. The topological polar surface area (TPSA) is 94.8 Å². The molecule has 1 saturated carbocycles. The monoisotopic (exact) mass is 280 g/mol. The van der Waals surface area contributed by atoms with Crippen LogP contribution in [0.1, 0.15) is 36.0 Å². The Kier molecular flexibility index (Phi) is 6.73. The number of aliphatic hydroxyl groups excluding tert-OH is 1. The minimum Gasteiger partial charge on any atom is -0.481 e. The van der Waals surface area contributed by atoms with Crippen molar-refractivity contribution in [3.63, 3.8) is 0 Å². The molecule has 5 nitrogen and oxygen atoms in total. The van der Waals surface area contributed by atoms with Crippen molar-refractivity contribution in [3.8, 4) is 0 Å². The number of aliphatic hydroxyl groups is 1. The SMILES string of the molecule is O=C(O)C[C@H]1CCCC1CO.O=C(O)c1ccccc1. The Labute approximate surface area is 117 Å². The van der Waals surface area contributed by atoms with E-state index >= 15 is 0 Å². The number of hydrogen-bond donors (Lipinski definition) is 3. The second-order valence-corrected chi connectivity index (χ2v) is 4.90. The summed E-state index contributed by atoms with van der Waals surface area (Å²) in [5, 5.41) is 25.7. The molecule has 0 saturated heterocycles. The first-order valence-corrected chi connectivity index (χ1v) is 6.65. The zero-order valence-electron chi connectivity index (χ0n) is 11.2. The van der Waals surface area contributed by atoms with Crippen LogP contribution >= 0.6 is 0 Å². The summed E-state index contributed by atoms with van der Waals surface area (Å²) in [6.07, 6.45) is 3.26. The Bertz CT molecular complexity index is 429. The van der Waals surface area contributed by atoms with Gasteiger partial charge in [-0.05, 0) is 36.8 Å². The Morgan fingerprint density at radius 2 is 1.65 bits per heavy atom. The number of benzene rings is 1. The Balaban J connectivity index is 0.000000204. The van der Waals surface area contributed by atoms with Crippen LogP contribution in [0.15, 0.2) is 30.3 Å². The summed E-state index contributed by atoms with van der Waals surface area (Å²) in [5.74, 6) is -1.16. The molecule has 2 atom stereocenters. The maximum Gasteiger partial charge on any atom is 0.335 e. The smallest absolute Gasteiger partial charge is 0.335 e. The summed E-state index contributed by atoms with van der Waals surface area (Å²) in [4.78, 5) is 20.5. The third kappa shape index (κ3) is 5.40. The third-order valence-electron chi connectivity index (χ3n) is 3.51. The number of hydrogen-bond acceptors (Lipinski definition) is 3. The highest BCUT2D eigenvalue weighted by atomic mass is 16.4. The van der Waals surface area contributed by atoms with E-state index in [1.165, 1.54) is 0 Å². The number of carboxylic acids is 2. The predicted octanol–water partition coefficient (Wildman–Crippen LogP) is 2.25. The Morgan fingerprint density at radius 1 is 1.05 bits per heavy atom. The molecule has 1 aliphatic rings. The van der Waals surface area contributed by atoms with Crippen LogP contribution in [-0.2, 0) is 4.79 Å². The molecule has 5 heteroatoms. The molecular formula is C15H20O5. The molecule has 0 heterocycles. The van der Waals surface area contributed by atoms with Crippen molar-refractivity contribution in [2.75, 3.05) is 6.61 Å². The van der Waals surface area contributed by atoms with Gasteiger partial charge in [0, 0.05) is 13.0 Å². The van der Waals surface area contributed by atoms with Crippen molar-refractivity contribution in [2.24, 2.45) is 11.8 Å². The molecule has 0 bridgehead atoms. The van der Waals surface area contributed by atoms with E-state index in [-0.39, 0.29) is 24.9 Å². The average Bonchev–Trinajstić information content (AvgIpc) is 2.87. The quantitative estimate of drug-likeness (QED) is 0.786. The van der Waals surface area contributed by atoms with Crippen molar-refractivity contribution in [1.29, 1.82) is 0 Å². The van der Waals surface area contributed by atoms with Gasteiger partial charge in [0.25, 0.3) is 0 Å². The minimum absolute atomic E-state index is 0.151. The molecule has 20 heavy (non-hydrogen) atoms. The van der Waals surface area contributed by atoms with E-state index in [4.69, 9.17) is 15.3 Å². The van der Waals surface area contributed by atoms with Crippen LogP contribution in [-0.4, -0.2) is 33.9 Å². The zero-order chi connectivity index (χ0) is 15.0. The fourth-order valence-corrected chi connectivity index (χ4v) is 2.43. The van der Waals surface area contributed by atoms with Crippen molar-refractivity contribution in [3.05, 3.63) is 35.9 Å². The van der Waals surface area contributed by atoms with Gasteiger partial charge in [0.1, 0.15) is 0 Å². The van der Waals surface area contributed by atoms with Crippen LogP contribution in [0.4, 0.5) is 0 Å². The van der Waals surface area contributed by atoms with Gasteiger partial charge in [0.15, 0.2) is 0 Å². The number of carboxylic acid groups (broad SMARTS) is 2. The van der Waals surface area contributed by atoms with E-state index in [9.17, 15) is 9.59 Å². The maximum absolute atomic E-state index is 10.3. The van der Waals surface area contributed by atoms with E-state index in [1.54, 1.807) is 30.3 Å². The van der Waals surface area contributed by atoms with Crippen molar-refractivity contribution in [1.82, 2.24) is 0 Å². The Morgan fingerprint density at radius 3 is 2.10 bits per heavy atom. The molecular weight excluding hydrogens is 260 g/mol. The number of rotatable bonds is 4.